The molecule has 19 nitrogen and oxygen atoms in total. The predicted molar refractivity (Wildman–Crippen MR) is 412 cm³/mol. The molecule has 0 amide bonds. The lowest BCUT2D eigenvalue weighted by atomic mass is 9.95. The number of aromatic amines is 3. The number of esters is 2. The average molecular weight is 1470 g/mol. The highest BCUT2D eigenvalue weighted by Gasteiger charge is 2.24. The molecule has 1 aliphatic rings. The van der Waals surface area contributed by atoms with E-state index >= 15 is 0 Å². The number of ether oxygens (including phenoxy) is 4. The summed E-state index contributed by atoms with van der Waals surface area (Å²) in [5.41, 5.74) is 11.9. The normalized spacial score (nSPS) is 10.9. The molecule has 1 aliphatic heterocycles. The number of H-pyrrole nitrogens is 3. The summed E-state index contributed by atoms with van der Waals surface area (Å²) in [4.78, 5) is 90.0. The monoisotopic (exact) mass is 1470 g/mol. The minimum atomic E-state index is -0.545. The van der Waals surface area contributed by atoms with Gasteiger partial charge in [0, 0.05) is 46.3 Å². The van der Waals surface area contributed by atoms with Crippen molar-refractivity contribution in [2.45, 2.75) is 49.4 Å². The van der Waals surface area contributed by atoms with Crippen LogP contribution >= 0.6 is 47.0 Å². The molecule has 106 heavy (non-hydrogen) atoms. The number of nitrogens with one attached hydrogen (secondary N) is 3. The van der Waals surface area contributed by atoms with Gasteiger partial charge in [-0.1, -0.05) is 217 Å². The molecule has 0 saturated heterocycles. The van der Waals surface area contributed by atoms with Crippen molar-refractivity contribution in [3.63, 3.8) is 0 Å². The lowest BCUT2D eigenvalue weighted by molar-refractivity contribution is 0.0592. The number of fused-ring (bicyclic) bond motifs is 2. The van der Waals surface area contributed by atoms with E-state index in [2.05, 4.69) is 47.0 Å². The number of carbonyl (C=O) groups is 2. The van der Waals surface area contributed by atoms with Crippen molar-refractivity contribution in [3.05, 3.63) is 318 Å². The van der Waals surface area contributed by atoms with Gasteiger partial charge in [-0.3, -0.25) is 19.4 Å². The molecule has 0 radical (unpaired) electrons. The molecular weight excluding hydrogens is 1410 g/mol. The summed E-state index contributed by atoms with van der Waals surface area (Å²) < 4.78 is 21.3. The van der Waals surface area contributed by atoms with Gasteiger partial charge in [-0.05, 0) is 117 Å². The molecule has 0 saturated carbocycles. The fraction of sp³-hybridized carbons (Fsp3) is 0.0843. The number of thioether (sulfide) groups is 3. The quantitative estimate of drug-likeness (QED) is 0.0408. The first kappa shape index (κ1) is 73.0. The van der Waals surface area contributed by atoms with E-state index in [-0.39, 0.29) is 22.4 Å². The van der Waals surface area contributed by atoms with Crippen molar-refractivity contribution in [2.24, 2.45) is 0 Å². The second-order valence-corrected chi connectivity index (χ2v) is 27.2. The second-order valence-electron chi connectivity index (χ2n) is 23.3. The van der Waals surface area contributed by atoms with Gasteiger partial charge in [0.2, 0.25) is 0 Å². The SMILES string of the molecule is COC(=O)c1ccc(CSc2nc(-c3ccc(-c4cc(OC)c(C)cc4C(=O)OC)cc3)c(C#N)c(=O)[nH]2)cc1.N#Cc1c(-c2ccc(-c3cccc4c3Sc3ccccc3O4)cc2)nc(SCc2ccccc2)[nH]c1=O.N#Cc1c(-c2ccc(-c3ccccc3)cc2)nc(SCc2ccncc2)[nH]c1=O. The Morgan fingerprint density at radius 3 is 1.37 bits per heavy atom. The number of methoxy groups -OCH3 is 3. The van der Waals surface area contributed by atoms with Crippen molar-refractivity contribution >= 4 is 59.0 Å². The summed E-state index contributed by atoms with van der Waals surface area (Å²) >= 11 is 5.83. The number of nitriles is 3. The van der Waals surface area contributed by atoms with Crippen LogP contribution in [0.15, 0.2) is 276 Å². The molecule has 3 N–H and O–H groups in total. The van der Waals surface area contributed by atoms with Crippen molar-refractivity contribution in [1.29, 1.82) is 15.8 Å². The molecule has 0 atom stereocenters. The van der Waals surface area contributed by atoms with Gasteiger partial charge in [-0.25, -0.2) is 24.5 Å². The summed E-state index contributed by atoms with van der Waals surface area (Å²) in [6.07, 6.45) is 3.45. The van der Waals surface area contributed by atoms with Crippen LogP contribution in [0.2, 0.25) is 0 Å². The minimum absolute atomic E-state index is 0.00876. The number of para-hydroxylation sites is 1. The van der Waals surface area contributed by atoms with Gasteiger partial charge in [-0.2, -0.15) is 15.8 Å². The van der Waals surface area contributed by atoms with Crippen molar-refractivity contribution in [1.82, 2.24) is 34.9 Å². The number of aryl methyl sites for hydroxylation is 1. The fourth-order valence-electron chi connectivity index (χ4n) is 11.1. The summed E-state index contributed by atoms with van der Waals surface area (Å²) in [6.45, 7) is 1.84. The van der Waals surface area contributed by atoms with Gasteiger partial charge >= 0.3 is 11.9 Å². The lowest BCUT2D eigenvalue weighted by Gasteiger charge is -2.22. The van der Waals surface area contributed by atoms with Crippen molar-refractivity contribution in [2.75, 3.05) is 21.3 Å². The Kier molecular flexibility index (Phi) is 23.7. The Morgan fingerprint density at radius 2 is 0.877 bits per heavy atom. The van der Waals surface area contributed by atoms with Gasteiger partial charge in [0.25, 0.3) is 16.7 Å². The summed E-state index contributed by atoms with van der Waals surface area (Å²) in [5.74, 6) is 3.19. The summed E-state index contributed by atoms with van der Waals surface area (Å²) in [7, 11) is 4.20. The van der Waals surface area contributed by atoms with Crippen LogP contribution in [0.3, 0.4) is 0 Å². The second kappa shape index (κ2) is 34.4. The zero-order valence-electron chi connectivity index (χ0n) is 57.1. The molecule has 23 heteroatoms. The number of benzene rings is 9. The summed E-state index contributed by atoms with van der Waals surface area (Å²) in [5, 5.41) is 30.1. The third-order valence-corrected chi connectivity index (χ3v) is 20.5. The molecule has 9 aromatic carbocycles. The number of rotatable bonds is 18. The van der Waals surface area contributed by atoms with Crippen LogP contribution < -0.4 is 26.2 Å². The first-order valence-corrected chi connectivity index (χ1v) is 36.3. The van der Waals surface area contributed by atoms with Crippen LogP contribution in [0, 0.1) is 40.9 Å². The van der Waals surface area contributed by atoms with Crippen molar-refractivity contribution < 1.29 is 28.5 Å². The number of hydrogen-bond donors (Lipinski definition) is 3. The molecule has 0 bridgehead atoms. The van der Waals surface area contributed by atoms with Crippen LogP contribution in [0.4, 0.5) is 0 Å². The maximum Gasteiger partial charge on any atom is 0.338 e. The number of hydrogen-bond acceptors (Lipinski definition) is 20. The Morgan fingerprint density at radius 1 is 0.453 bits per heavy atom. The van der Waals surface area contributed by atoms with Crippen LogP contribution in [-0.2, 0) is 26.7 Å². The van der Waals surface area contributed by atoms with Crippen LogP contribution in [0.1, 0.15) is 59.7 Å². The molecule has 5 heterocycles. The smallest absolute Gasteiger partial charge is 0.338 e. The fourth-order valence-corrected chi connectivity index (χ4v) is 14.7. The number of nitrogens with zero attached hydrogens (tertiary/aromatic N) is 7. The van der Waals surface area contributed by atoms with E-state index in [1.807, 2.05) is 177 Å². The first-order valence-electron chi connectivity index (χ1n) is 32.6. The zero-order chi connectivity index (χ0) is 74.1. The van der Waals surface area contributed by atoms with Crippen LogP contribution in [0.25, 0.3) is 67.2 Å². The van der Waals surface area contributed by atoms with E-state index in [4.69, 9.17) is 18.9 Å². The molecule has 4 aromatic heterocycles. The van der Waals surface area contributed by atoms with Gasteiger partial charge in [0.05, 0.1) is 59.3 Å². The van der Waals surface area contributed by atoms with Crippen LogP contribution in [0.5, 0.6) is 17.2 Å². The molecule has 0 aliphatic carbocycles. The zero-order valence-corrected chi connectivity index (χ0v) is 60.3. The van der Waals surface area contributed by atoms with Gasteiger partial charge < -0.3 is 33.9 Å². The minimum Gasteiger partial charge on any atom is -0.496 e. The number of carbonyl (C=O) groups excluding carboxylic acids is 2. The Bertz CT molecular complexity index is 5710. The van der Waals surface area contributed by atoms with E-state index < -0.39 is 28.6 Å². The highest BCUT2D eigenvalue weighted by atomic mass is 32.2. The topological polar surface area (TPSA) is 293 Å². The third kappa shape index (κ3) is 17.3. The predicted octanol–water partition coefficient (Wildman–Crippen LogP) is 17.3. The van der Waals surface area contributed by atoms with E-state index in [9.17, 15) is 39.8 Å². The molecular formula is C83H60N10O9S4. The molecule has 0 spiro atoms. The lowest BCUT2D eigenvalue weighted by Crippen LogP contribution is -2.14. The molecule has 13 aromatic rings. The Balaban J connectivity index is 0.000000151. The molecule has 520 valence electrons. The van der Waals surface area contributed by atoms with E-state index in [0.29, 0.717) is 77.7 Å². The third-order valence-electron chi connectivity index (χ3n) is 16.5. The van der Waals surface area contributed by atoms with Gasteiger partial charge in [0.15, 0.2) is 15.5 Å². The molecule has 0 unspecified atom stereocenters. The van der Waals surface area contributed by atoms with E-state index in [0.717, 1.165) is 76.9 Å². The van der Waals surface area contributed by atoms with Gasteiger partial charge in [0.1, 0.15) is 52.1 Å². The maximum atomic E-state index is 12.7. The van der Waals surface area contributed by atoms with Gasteiger partial charge in [-0.15, -0.1) is 0 Å². The van der Waals surface area contributed by atoms with E-state index in [1.165, 1.54) is 49.5 Å². The Labute approximate surface area is 625 Å². The molecule has 0 fully saturated rings. The summed E-state index contributed by atoms with van der Waals surface area (Å²) in [6, 6.07) is 76.8. The molecule has 14 rings (SSSR count). The largest absolute Gasteiger partial charge is 0.496 e. The number of pyridine rings is 1. The van der Waals surface area contributed by atoms with Crippen molar-refractivity contribution in [3.8, 4) is 103 Å². The van der Waals surface area contributed by atoms with Crippen LogP contribution in [-0.4, -0.2) is 68.2 Å². The highest BCUT2D eigenvalue weighted by molar-refractivity contribution is 8.00. The van der Waals surface area contributed by atoms with E-state index in [1.54, 1.807) is 91.9 Å². The Hall–Kier alpha value is -12.8. The number of aromatic nitrogens is 7. The highest BCUT2D eigenvalue weighted by Crippen LogP contribution is 2.51. The average Bonchev–Trinajstić information content (AvgIpc) is 0.791. The maximum absolute atomic E-state index is 12.7. The standard InChI is InChI=1S/C30H25N3O6S.C30H19N3O2S2.C23H16N4OS/c1-17-13-23(29(36)39-4)22(14-25(17)37-2)19-9-11-20(12-10-19)26-24(15-31)27(34)33-30(32-26)40-16-18-5-7-21(8-6-18)28(35)38-3;31-17-23-27(32-30(33-29(23)34)36-18-19-7-2-1-3-8-19)21-15-13-20(14-16-21)22-9-6-11-25-28(22)37-26-12-5-4-10-24(26)35-25;24-14-20-21(19-8-6-18(7-9-19)17-4-2-1-3-5-17)26-23(27-22(20)28)29-15-16-10-12-25-13-11-16/h5-14H,16H2,1-4H3,(H,32,33,34);1-16H,18H2,(H,32,33,34);1-13H,15H2,(H,26,27,28). The first-order chi connectivity index (χ1) is 51.7.